The van der Waals surface area contributed by atoms with Crippen LogP contribution in [0.1, 0.15) is 0 Å². The summed E-state index contributed by atoms with van der Waals surface area (Å²) in [6, 6.07) is 0. The zero-order valence-corrected chi connectivity index (χ0v) is 7.32. The van der Waals surface area contributed by atoms with Gasteiger partial charge in [-0.05, 0) is 0 Å². The molecule has 0 saturated heterocycles. The molecule has 0 unspecified atom stereocenters. The van der Waals surface area contributed by atoms with Crippen LogP contribution in [0.5, 0.6) is 0 Å². The standard InChI is InChI=1S/C6H5F3N2OS/c1-11-2-3-13-5(11)10-4(12)6(7,8)9/h2-3H,1H3. The summed E-state index contributed by atoms with van der Waals surface area (Å²) in [5, 5.41) is 1.54. The average molecular weight is 210 g/mol. The monoisotopic (exact) mass is 210 g/mol. The van der Waals surface area contributed by atoms with Crippen molar-refractivity contribution in [3.8, 4) is 0 Å². The molecule has 0 spiro atoms. The Morgan fingerprint density at radius 2 is 2.23 bits per heavy atom. The lowest BCUT2D eigenvalue weighted by Gasteiger charge is -1.97. The number of nitrogens with zero attached hydrogens (tertiary/aromatic N) is 2. The minimum Gasteiger partial charge on any atom is -0.327 e. The van der Waals surface area contributed by atoms with Crippen LogP contribution in [0.25, 0.3) is 0 Å². The largest absolute Gasteiger partial charge is 0.473 e. The van der Waals surface area contributed by atoms with Gasteiger partial charge in [-0.3, -0.25) is 4.79 Å². The fourth-order valence-electron chi connectivity index (χ4n) is 0.585. The Bertz CT molecular complexity index is 376. The highest BCUT2D eigenvalue weighted by Crippen LogP contribution is 2.15. The number of carbonyl (C=O) groups excluding carboxylic acids is 1. The topological polar surface area (TPSA) is 34.4 Å². The van der Waals surface area contributed by atoms with E-state index in [0.29, 0.717) is 0 Å². The first-order chi connectivity index (χ1) is 5.91. The van der Waals surface area contributed by atoms with Crippen LogP contribution in [-0.4, -0.2) is 16.7 Å². The number of amides is 1. The van der Waals surface area contributed by atoms with Gasteiger partial charge in [-0.15, -0.1) is 11.3 Å². The molecule has 3 nitrogen and oxygen atoms in total. The lowest BCUT2D eigenvalue weighted by atomic mass is 10.6. The maximum atomic E-state index is 11.7. The van der Waals surface area contributed by atoms with Crippen molar-refractivity contribution in [3.05, 3.63) is 16.4 Å². The average Bonchev–Trinajstić information content (AvgIpc) is 2.34. The van der Waals surface area contributed by atoms with Gasteiger partial charge >= 0.3 is 12.1 Å². The maximum absolute atomic E-state index is 11.7. The summed E-state index contributed by atoms with van der Waals surface area (Å²) in [6.45, 7) is 0. The van der Waals surface area contributed by atoms with Gasteiger partial charge in [0.05, 0.1) is 0 Å². The van der Waals surface area contributed by atoms with Crippen molar-refractivity contribution in [1.82, 2.24) is 4.57 Å². The number of halogens is 3. The van der Waals surface area contributed by atoms with E-state index in [-0.39, 0.29) is 4.80 Å². The van der Waals surface area contributed by atoms with Gasteiger partial charge in [-0.2, -0.15) is 18.2 Å². The number of hydrogen-bond acceptors (Lipinski definition) is 2. The molecule has 1 aromatic heterocycles. The van der Waals surface area contributed by atoms with Gasteiger partial charge in [-0.25, -0.2) is 0 Å². The third-order valence-corrected chi connectivity index (χ3v) is 2.05. The Hall–Kier alpha value is -1.11. The van der Waals surface area contributed by atoms with Crippen LogP contribution in [0.3, 0.4) is 0 Å². The highest BCUT2D eigenvalue weighted by molar-refractivity contribution is 7.07. The van der Waals surface area contributed by atoms with E-state index in [4.69, 9.17) is 0 Å². The summed E-state index contributed by atoms with van der Waals surface area (Å²) in [5.41, 5.74) is 0. The molecule has 0 aliphatic rings. The van der Waals surface area contributed by atoms with Gasteiger partial charge in [0.1, 0.15) is 0 Å². The Labute approximate surface area is 75.1 Å². The highest BCUT2D eigenvalue weighted by Gasteiger charge is 2.38. The normalized spacial score (nSPS) is 13.4. The minimum atomic E-state index is -4.89. The van der Waals surface area contributed by atoms with Gasteiger partial charge in [0.15, 0.2) is 4.80 Å². The third-order valence-electron chi connectivity index (χ3n) is 1.20. The molecule has 0 fully saturated rings. The Balaban J connectivity index is 3.04. The molecule has 1 aromatic rings. The van der Waals surface area contributed by atoms with Crippen molar-refractivity contribution >= 4 is 17.2 Å². The molecule has 72 valence electrons. The first-order valence-corrected chi connectivity index (χ1v) is 4.05. The fraction of sp³-hybridized carbons (Fsp3) is 0.333. The first-order valence-electron chi connectivity index (χ1n) is 3.17. The Kier molecular flexibility index (Phi) is 2.55. The molecule has 0 bridgehead atoms. The number of aromatic nitrogens is 1. The van der Waals surface area contributed by atoms with E-state index < -0.39 is 12.1 Å². The molecule has 1 heterocycles. The molecule has 0 atom stereocenters. The van der Waals surface area contributed by atoms with Crippen molar-refractivity contribution in [1.29, 1.82) is 0 Å². The van der Waals surface area contributed by atoms with Gasteiger partial charge in [0, 0.05) is 18.6 Å². The quantitative estimate of drug-likeness (QED) is 0.630. The molecule has 0 aromatic carbocycles. The van der Waals surface area contributed by atoms with E-state index in [2.05, 4.69) is 4.99 Å². The van der Waals surface area contributed by atoms with Crippen LogP contribution in [0.2, 0.25) is 0 Å². The summed E-state index contributed by atoms with van der Waals surface area (Å²) in [5.74, 6) is -2.08. The Morgan fingerprint density at radius 1 is 1.62 bits per heavy atom. The zero-order chi connectivity index (χ0) is 10.1. The fourth-order valence-corrected chi connectivity index (χ4v) is 1.31. The molecule has 1 rings (SSSR count). The van der Waals surface area contributed by atoms with Crippen LogP contribution >= 0.6 is 11.3 Å². The molecule has 0 aliphatic carbocycles. The number of alkyl halides is 3. The lowest BCUT2D eigenvalue weighted by Crippen LogP contribution is -2.24. The molecular formula is C6H5F3N2OS. The number of hydrogen-bond donors (Lipinski definition) is 0. The van der Waals surface area contributed by atoms with Crippen LogP contribution < -0.4 is 4.80 Å². The zero-order valence-electron chi connectivity index (χ0n) is 6.50. The van der Waals surface area contributed by atoms with E-state index in [1.54, 1.807) is 5.38 Å². The molecule has 0 aliphatic heterocycles. The van der Waals surface area contributed by atoms with Crippen LogP contribution in [0.15, 0.2) is 16.6 Å². The summed E-state index contributed by atoms with van der Waals surface area (Å²) in [7, 11) is 1.51. The number of aryl methyl sites for hydroxylation is 1. The molecular weight excluding hydrogens is 205 g/mol. The van der Waals surface area contributed by atoms with Crippen molar-refractivity contribution in [2.24, 2.45) is 12.0 Å². The van der Waals surface area contributed by atoms with E-state index in [1.165, 1.54) is 17.8 Å². The second kappa shape index (κ2) is 3.33. The molecule has 0 radical (unpaired) electrons. The van der Waals surface area contributed by atoms with Crippen molar-refractivity contribution in [2.45, 2.75) is 6.18 Å². The molecule has 1 amide bonds. The summed E-state index contributed by atoms with van der Waals surface area (Å²) < 4.78 is 36.5. The molecule has 0 N–H and O–H groups in total. The SMILES string of the molecule is Cn1ccsc1=NC(=O)C(F)(F)F. The predicted molar refractivity (Wildman–Crippen MR) is 39.9 cm³/mol. The van der Waals surface area contributed by atoms with E-state index >= 15 is 0 Å². The second-order valence-corrected chi connectivity index (χ2v) is 3.08. The summed E-state index contributed by atoms with van der Waals surface area (Å²) in [6.07, 6.45) is -3.37. The van der Waals surface area contributed by atoms with E-state index in [0.717, 1.165) is 11.3 Å². The van der Waals surface area contributed by atoms with Crippen molar-refractivity contribution < 1.29 is 18.0 Å². The van der Waals surface area contributed by atoms with Crippen molar-refractivity contribution in [3.63, 3.8) is 0 Å². The van der Waals surface area contributed by atoms with Gasteiger partial charge in [0.2, 0.25) is 0 Å². The van der Waals surface area contributed by atoms with E-state index in [9.17, 15) is 18.0 Å². The Morgan fingerprint density at radius 3 is 2.62 bits per heavy atom. The van der Waals surface area contributed by atoms with Crippen LogP contribution in [0.4, 0.5) is 13.2 Å². The van der Waals surface area contributed by atoms with Crippen LogP contribution in [0, 0.1) is 0 Å². The lowest BCUT2D eigenvalue weighted by molar-refractivity contribution is -0.169. The predicted octanol–water partition coefficient (Wildman–Crippen LogP) is 1.08. The molecule has 13 heavy (non-hydrogen) atoms. The second-order valence-electron chi connectivity index (χ2n) is 2.21. The number of thiazole rings is 1. The van der Waals surface area contributed by atoms with Crippen molar-refractivity contribution in [2.75, 3.05) is 0 Å². The molecule has 0 saturated carbocycles. The summed E-state index contributed by atoms with van der Waals surface area (Å²) in [4.78, 5) is 13.3. The van der Waals surface area contributed by atoms with Gasteiger partial charge < -0.3 is 4.57 Å². The number of rotatable bonds is 0. The van der Waals surface area contributed by atoms with Gasteiger partial charge in [-0.1, -0.05) is 0 Å². The minimum absolute atomic E-state index is 0.0299. The van der Waals surface area contributed by atoms with E-state index in [1.807, 2.05) is 0 Å². The highest BCUT2D eigenvalue weighted by atomic mass is 32.1. The molecule has 7 heteroatoms. The van der Waals surface area contributed by atoms with Crippen LogP contribution in [-0.2, 0) is 11.8 Å². The van der Waals surface area contributed by atoms with Gasteiger partial charge in [0.25, 0.3) is 0 Å². The smallest absolute Gasteiger partial charge is 0.327 e. The maximum Gasteiger partial charge on any atom is 0.473 e. The first kappa shape index (κ1) is 9.97. The summed E-state index contributed by atoms with van der Waals surface area (Å²) >= 11 is 0.969. The third kappa shape index (κ3) is 2.41. The number of carbonyl (C=O) groups is 1.